The molecule has 0 saturated carbocycles. The van der Waals surface area contributed by atoms with Gasteiger partial charge >= 0.3 is 5.97 Å². The van der Waals surface area contributed by atoms with Crippen molar-refractivity contribution in [3.63, 3.8) is 0 Å². The SMILES string of the molecule is CC(C)[C@@H](C)C(=O)OCCCC[C@@H](CON(O)O)ON(O)O. The topological polar surface area (TPSA) is 132 Å². The number of rotatable bonds is 12. The monoisotopic (exact) mass is 326 g/mol. The van der Waals surface area contributed by atoms with Crippen molar-refractivity contribution in [3.05, 3.63) is 0 Å². The molecular formula is C12H26N2O8. The Balaban J connectivity index is 3.90. The molecule has 0 aliphatic rings. The minimum atomic E-state index is -0.818. The summed E-state index contributed by atoms with van der Waals surface area (Å²) in [5.74, 6) is -0.205. The van der Waals surface area contributed by atoms with Crippen LogP contribution in [0.2, 0.25) is 0 Å². The van der Waals surface area contributed by atoms with Crippen molar-refractivity contribution in [1.82, 2.24) is 10.8 Å². The first kappa shape index (κ1) is 21.1. The molecule has 0 saturated heterocycles. The fraction of sp³-hybridized carbons (Fsp3) is 0.917. The molecule has 0 bridgehead atoms. The maximum Gasteiger partial charge on any atom is 0.308 e. The average molecular weight is 326 g/mol. The first-order chi connectivity index (χ1) is 10.2. The second-order valence-corrected chi connectivity index (χ2v) is 5.22. The molecule has 0 aromatic heterocycles. The van der Waals surface area contributed by atoms with Crippen molar-refractivity contribution in [2.45, 2.75) is 46.1 Å². The van der Waals surface area contributed by atoms with Gasteiger partial charge in [0.1, 0.15) is 12.7 Å². The smallest absolute Gasteiger partial charge is 0.308 e. The number of hydrogen-bond acceptors (Lipinski definition) is 10. The summed E-state index contributed by atoms with van der Waals surface area (Å²) in [6.45, 7) is 5.62. The number of ether oxygens (including phenoxy) is 1. The fourth-order valence-electron chi connectivity index (χ4n) is 1.50. The highest BCUT2D eigenvalue weighted by Gasteiger charge is 2.18. The van der Waals surface area contributed by atoms with Crippen LogP contribution in [0.5, 0.6) is 0 Å². The van der Waals surface area contributed by atoms with E-state index in [1.165, 1.54) is 0 Å². The van der Waals surface area contributed by atoms with Crippen molar-refractivity contribution < 1.29 is 40.0 Å². The lowest BCUT2D eigenvalue weighted by Gasteiger charge is -2.19. The maximum absolute atomic E-state index is 11.6. The Morgan fingerprint density at radius 1 is 1.05 bits per heavy atom. The van der Waals surface area contributed by atoms with E-state index in [1.54, 1.807) is 6.92 Å². The molecule has 0 spiro atoms. The van der Waals surface area contributed by atoms with Gasteiger partial charge in [0.25, 0.3) is 0 Å². The third kappa shape index (κ3) is 10.8. The summed E-state index contributed by atoms with van der Waals surface area (Å²) >= 11 is 0. The van der Waals surface area contributed by atoms with E-state index in [0.29, 0.717) is 19.3 Å². The van der Waals surface area contributed by atoms with Crippen LogP contribution >= 0.6 is 0 Å². The lowest BCUT2D eigenvalue weighted by Crippen LogP contribution is -2.31. The van der Waals surface area contributed by atoms with E-state index >= 15 is 0 Å². The van der Waals surface area contributed by atoms with Gasteiger partial charge in [0.2, 0.25) is 0 Å². The first-order valence-corrected chi connectivity index (χ1v) is 7.06. The first-order valence-electron chi connectivity index (χ1n) is 7.06. The largest absolute Gasteiger partial charge is 0.465 e. The minimum Gasteiger partial charge on any atom is -0.465 e. The zero-order valence-electron chi connectivity index (χ0n) is 13.1. The normalized spacial score (nSPS) is 14.6. The van der Waals surface area contributed by atoms with E-state index in [0.717, 1.165) is 0 Å². The van der Waals surface area contributed by atoms with Gasteiger partial charge in [0.15, 0.2) is 0 Å². The molecule has 4 N–H and O–H groups in total. The Labute approximate surface area is 129 Å². The van der Waals surface area contributed by atoms with Gasteiger partial charge in [0.05, 0.1) is 23.3 Å². The molecule has 132 valence electrons. The molecule has 0 aromatic carbocycles. The quantitative estimate of drug-likeness (QED) is 0.237. The van der Waals surface area contributed by atoms with Gasteiger partial charge in [-0.2, -0.15) is 0 Å². The van der Waals surface area contributed by atoms with Crippen molar-refractivity contribution in [3.8, 4) is 0 Å². The molecule has 0 aromatic rings. The molecule has 22 heavy (non-hydrogen) atoms. The van der Waals surface area contributed by atoms with Crippen LogP contribution in [0, 0.1) is 11.8 Å². The molecule has 0 rings (SSSR count). The summed E-state index contributed by atoms with van der Waals surface area (Å²) in [7, 11) is 0. The zero-order chi connectivity index (χ0) is 17.1. The Kier molecular flexibility index (Phi) is 11.2. The van der Waals surface area contributed by atoms with Crippen molar-refractivity contribution >= 4 is 5.97 Å². The third-order valence-corrected chi connectivity index (χ3v) is 3.16. The molecule has 0 amide bonds. The average Bonchev–Trinajstić information content (AvgIpc) is 2.42. The number of nitrogens with zero attached hydrogens (tertiary/aromatic N) is 2. The van der Waals surface area contributed by atoms with Gasteiger partial charge in [-0.15, -0.1) is 0 Å². The van der Waals surface area contributed by atoms with E-state index in [2.05, 4.69) is 9.68 Å². The van der Waals surface area contributed by atoms with Crippen LogP contribution in [0.15, 0.2) is 0 Å². The maximum atomic E-state index is 11.6. The Morgan fingerprint density at radius 3 is 2.18 bits per heavy atom. The summed E-state index contributed by atoms with van der Waals surface area (Å²) < 4.78 is 5.12. The highest BCUT2D eigenvalue weighted by Crippen LogP contribution is 2.12. The molecule has 10 nitrogen and oxygen atoms in total. The van der Waals surface area contributed by atoms with Crippen molar-refractivity contribution in [2.75, 3.05) is 13.2 Å². The van der Waals surface area contributed by atoms with Crippen LogP contribution < -0.4 is 0 Å². The van der Waals surface area contributed by atoms with Crippen molar-refractivity contribution in [1.29, 1.82) is 0 Å². The standard InChI is InChI=1S/C12H26N2O8/c1-9(2)10(3)12(15)20-7-5-4-6-11(22-14(18)19)8-21-13(16)17/h9-11,16-19H,4-8H2,1-3H3/t10-,11+/m1/s1. The summed E-state index contributed by atoms with van der Waals surface area (Å²) in [5.41, 5.74) is 0. The predicted molar refractivity (Wildman–Crippen MR) is 70.5 cm³/mol. The molecule has 0 heterocycles. The molecule has 0 radical (unpaired) electrons. The summed E-state index contributed by atoms with van der Waals surface area (Å²) in [6.07, 6.45) is 0.599. The number of hydrogen-bond donors (Lipinski definition) is 4. The second kappa shape index (κ2) is 11.7. The van der Waals surface area contributed by atoms with Crippen LogP contribution in [0.1, 0.15) is 40.0 Å². The Hall–Kier alpha value is -0.850. The van der Waals surface area contributed by atoms with Gasteiger partial charge in [-0.3, -0.25) is 25.6 Å². The number of unbranched alkanes of at least 4 members (excludes halogenated alkanes) is 1. The van der Waals surface area contributed by atoms with Crippen LogP contribution in [0.25, 0.3) is 0 Å². The fourth-order valence-corrected chi connectivity index (χ4v) is 1.50. The van der Waals surface area contributed by atoms with E-state index in [-0.39, 0.29) is 31.0 Å². The van der Waals surface area contributed by atoms with Gasteiger partial charge < -0.3 is 4.74 Å². The van der Waals surface area contributed by atoms with E-state index in [9.17, 15) is 4.79 Å². The van der Waals surface area contributed by atoms with Crippen LogP contribution in [-0.4, -0.2) is 56.9 Å². The number of carbonyl (C=O) groups is 1. The molecule has 10 heteroatoms. The number of esters is 1. The summed E-state index contributed by atoms with van der Waals surface area (Å²) in [4.78, 5) is 20.5. The Morgan fingerprint density at radius 2 is 1.68 bits per heavy atom. The van der Waals surface area contributed by atoms with Crippen LogP contribution in [0.4, 0.5) is 0 Å². The van der Waals surface area contributed by atoms with Gasteiger partial charge in [-0.25, -0.2) is 9.68 Å². The molecule has 0 aliphatic carbocycles. The lowest BCUT2D eigenvalue weighted by atomic mass is 9.99. The zero-order valence-corrected chi connectivity index (χ0v) is 13.1. The van der Waals surface area contributed by atoms with Gasteiger partial charge in [-0.05, 0) is 25.2 Å². The number of carbonyl (C=O) groups excluding carboxylic acids is 1. The molecular weight excluding hydrogens is 300 g/mol. The Bertz CT molecular complexity index is 301. The van der Waals surface area contributed by atoms with E-state index < -0.39 is 16.9 Å². The molecule has 0 fully saturated rings. The van der Waals surface area contributed by atoms with Gasteiger partial charge in [0, 0.05) is 0 Å². The lowest BCUT2D eigenvalue weighted by molar-refractivity contribution is -0.527. The van der Waals surface area contributed by atoms with Crippen molar-refractivity contribution in [2.24, 2.45) is 11.8 Å². The van der Waals surface area contributed by atoms with E-state index in [1.807, 2.05) is 13.8 Å². The minimum absolute atomic E-state index is 0.165. The van der Waals surface area contributed by atoms with E-state index in [4.69, 9.17) is 25.6 Å². The third-order valence-electron chi connectivity index (χ3n) is 3.16. The second-order valence-electron chi connectivity index (χ2n) is 5.22. The summed E-state index contributed by atoms with van der Waals surface area (Å²) in [6, 6.07) is 0. The van der Waals surface area contributed by atoms with Crippen LogP contribution in [0.3, 0.4) is 0 Å². The summed E-state index contributed by atoms with van der Waals surface area (Å²) in [5, 5.41) is 33.0. The van der Waals surface area contributed by atoms with Crippen LogP contribution in [-0.2, 0) is 19.2 Å². The molecule has 0 unspecified atom stereocenters. The predicted octanol–water partition coefficient (Wildman–Crippen LogP) is 1.38. The molecule has 2 atom stereocenters. The molecule has 0 aliphatic heterocycles. The van der Waals surface area contributed by atoms with Gasteiger partial charge in [-0.1, -0.05) is 20.8 Å². The highest BCUT2D eigenvalue weighted by molar-refractivity contribution is 5.72. The highest BCUT2D eigenvalue weighted by atomic mass is 17.1.